The highest BCUT2D eigenvalue weighted by molar-refractivity contribution is 7.80. The standard InChI is InChI=1S/C28H27F3N6O2S/c1-18(2)23-5-3-4-6-24(23)36(26(32)38-27(33)40)16-15-19-7-9-20(10-8-19)25-34-17-37(35-25)21-11-13-22(14-12-21)39-28(29,30)31/h3-14,17-18,32H,15-16H2,1-2H3,(H2,33,40). The second-order valence-corrected chi connectivity index (χ2v) is 9.50. The van der Waals surface area contributed by atoms with Crippen molar-refractivity contribution in [2.24, 2.45) is 5.73 Å². The molecule has 0 spiro atoms. The minimum Gasteiger partial charge on any atom is -0.406 e. The summed E-state index contributed by atoms with van der Waals surface area (Å²) >= 11 is 4.85. The Hall–Kier alpha value is -4.45. The van der Waals surface area contributed by atoms with Crippen LogP contribution in [0.5, 0.6) is 5.75 Å². The Balaban J connectivity index is 1.46. The molecule has 0 unspecified atom stereocenters. The molecule has 40 heavy (non-hydrogen) atoms. The third-order valence-corrected chi connectivity index (χ3v) is 6.04. The lowest BCUT2D eigenvalue weighted by molar-refractivity contribution is -0.274. The zero-order valence-corrected chi connectivity index (χ0v) is 22.5. The molecule has 0 saturated heterocycles. The normalized spacial score (nSPS) is 11.3. The molecule has 0 aliphatic carbocycles. The van der Waals surface area contributed by atoms with Gasteiger partial charge in [-0.05, 0) is 66.0 Å². The smallest absolute Gasteiger partial charge is 0.406 e. The van der Waals surface area contributed by atoms with E-state index in [-0.39, 0.29) is 22.9 Å². The average molecular weight is 569 g/mol. The van der Waals surface area contributed by atoms with Gasteiger partial charge in [0.25, 0.3) is 11.2 Å². The first-order valence-electron chi connectivity index (χ1n) is 12.3. The zero-order valence-electron chi connectivity index (χ0n) is 21.7. The lowest BCUT2D eigenvalue weighted by Crippen LogP contribution is -2.37. The minimum absolute atomic E-state index is 0.148. The third kappa shape index (κ3) is 7.35. The molecule has 8 nitrogen and oxygen atoms in total. The molecule has 1 heterocycles. The van der Waals surface area contributed by atoms with E-state index in [4.69, 9.17) is 28.1 Å². The highest BCUT2D eigenvalue weighted by Crippen LogP contribution is 2.28. The van der Waals surface area contributed by atoms with E-state index in [0.717, 1.165) is 22.4 Å². The van der Waals surface area contributed by atoms with Gasteiger partial charge in [-0.2, -0.15) is 0 Å². The molecule has 3 aromatic carbocycles. The van der Waals surface area contributed by atoms with Crippen molar-refractivity contribution in [2.45, 2.75) is 32.5 Å². The number of ether oxygens (including phenoxy) is 2. The number of amidine groups is 1. The van der Waals surface area contributed by atoms with Gasteiger partial charge in [-0.3, -0.25) is 10.3 Å². The van der Waals surface area contributed by atoms with Gasteiger partial charge in [0.15, 0.2) is 5.82 Å². The van der Waals surface area contributed by atoms with Crippen molar-refractivity contribution in [1.29, 1.82) is 5.41 Å². The van der Waals surface area contributed by atoms with Crippen LogP contribution in [0.4, 0.5) is 18.9 Å². The van der Waals surface area contributed by atoms with Crippen LogP contribution >= 0.6 is 12.2 Å². The van der Waals surface area contributed by atoms with Crippen LogP contribution < -0.4 is 15.4 Å². The molecular formula is C28H27F3N6O2S. The highest BCUT2D eigenvalue weighted by Gasteiger charge is 2.31. The van der Waals surface area contributed by atoms with Gasteiger partial charge in [0, 0.05) is 17.8 Å². The summed E-state index contributed by atoms with van der Waals surface area (Å²) in [7, 11) is 0. The van der Waals surface area contributed by atoms with E-state index in [0.29, 0.717) is 24.5 Å². The maximum absolute atomic E-state index is 12.4. The van der Waals surface area contributed by atoms with E-state index in [1.54, 1.807) is 4.90 Å². The molecule has 4 rings (SSSR count). The van der Waals surface area contributed by atoms with Crippen LogP contribution in [-0.2, 0) is 11.2 Å². The zero-order chi connectivity index (χ0) is 28.9. The number of nitrogens with zero attached hydrogens (tertiary/aromatic N) is 4. The van der Waals surface area contributed by atoms with E-state index in [9.17, 15) is 13.2 Å². The van der Waals surface area contributed by atoms with Gasteiger partial charge in [-0.25, -0.2) is 9.67 Å². The number of hydrogen-bond acceptors (Lipinski definition) is 6. The number of benzene rings is 3. The maximum Gasteiger partial charge on any atom is 0.573 e. The number of halogens is 3. The van der Waals surface area contributed by atoms with Crippen LogP contribution in [0, 0.1) is 5.41 Å². The molecule has 0 bridgehead atoms. The Bertz CT molecular complexity index is 1470. The van der Waals surface area contributed by atoms with Crippen LogP contribution in [0.15, 0.2) is 79.1 Å². The summed E-state index contributed by atoms with van der Waals surface area (Å²) in [6, 6.07) is 20.7. The van der Waals surface area contributed by atoms with Gasteiger partial charge in [0.05, 0.1) is 5.69 Å². The van der Waals surface area contributed by atoms with E-state index >= 15 is 0 Å². The van der Waals surface area contributed by atoms with E-state index < -0.39 is 6.36 Å². The highest BCUT2D eigenvalue weighted by atomic mass is 32.1. The molecule has 208 valence electrons. The predicted octanol–water partition coefficient (Wildman–Crippen LogP) is 6.20. The molecule has 3 N–H and O–H groups in total. The Morgan fingerprint density at radius 1 is 1.05 bits per heavy atom. The second-order valence-electron chi connectivity index (χ2n) is 9.09. The van der Waals surface area contributed by atoms with Crippen molar-refractivity contribution in [3.8, 4) is 22.8 Å². The first kappa shape index (κ1) is 28.6. The van der Waals surface area contributed by atoms with Gasteiger partial charge >= 0.3 is 6.36 Å². The number of rotatable bonds is 8. The number of para-hydroxylation sites is 1. The fourth-order valence-corrected chi connectivity index (χ4v) is 4.16. The van der Waals surface area contributed by atoms with Gasteiger partial charge in [-0.1, -0.05) is 56.3 Å². The molecule has 12 heteroatoms. The number of hydrogen-bond donors (Lipinski definition) is 2. The molecule has 0 amide bonds. The van der Waals surface area contributed by atoms with Crippen molar-refractivity contribution in [2.75, 3.05) is 11.4 Å². The van der Waals surface area contributed by atoms with Crippen molar-refractivity contribution in [3.63, 3.8) is 0 Å². The van der Waals surface area contributed by atoms with Crippen molar-refractivity contribution in [3.05, 3.63) is 90.3 Å². The van der Waals surface area contributed by atoms with Crippen molar-refractivity contribution < 1.29 is 22.6 Å². The Kier molecular flexibility index (Phi) is 8.68. The summed E-state index contributed by atoms with van der Waals surface area (Å²) in [5, 5.41) is 12.7. The first-order chi connectivity index (χ1) is 19.0. The molecular weight excluding hydrogens is 541 g/mol. The SMILES string of the molecule is CC(C)c1ccccc1N(CCc1ccc(-c2ncn(-c3ccc(OC(F)(F)F)cc3)n2)cc1)C(=N)OC(N)=S. The topological polar surface area (TPSA) is 102 Å². The van der Waals surface area contributed by atoms with E-state index in [2.05, 4.69) is 28.7 Å². The lowest BCUT2D eigenvalue weighted by atomic mass is 10.00. The molecule has 0 aliphatic heterocycles. The van der Waals surface area contributed by atoms with E-state index in [1.807, 2.05) is 48.5 Å². The van der Waals surface area contributed by atoms with Gasteiger partial charge in [-0.15, -0.1) is 18.3 Å². The molecule has 4 aromatic rings. The van der Waals surface area contributed by atoms with Crippen molar-refractivity contribution in [1.82, 2.24) is 14.8 Å². The Labute approximate surface area is 234 Å². The summed E-state index contributed by atoms with van der Waals surface area (Å²) in [4.78, 5) is 6.08. The molecule has 0 saturated carbocycles. The summed E-state index contributed by atoms with van der Waals surface area (Å²) in [6.07, 6.45) is -2.66. The minimum atomic E-state index is -4.75. The summed E-state index contributed by atoms with van der Waals surface area (Å²) in [5.41, 5.74) is 9.77. The summed E-state index contributed by atoms with van der Waals surface area (Å²) in [5.74, 6) is 0.376. The van der Waals surface area contributed by atoms with Gasteiger partial charge < -0.3 is 15.2 Å². The summed E-state index contributed by atoms with van der Waals surface area (Å²) in [6.45, 7) is 4.62. The lowest BCUT2D eigenvalue weighted by Gasteiger charge is -2.27. The summed E-state index contributed by atoms with van der Waals surface area (Å²) < 4.78 is 47.8. The van der Waals surface area contributed by atoms with Crippen LogP contribution in [0.1, 0.15) is 30.9 Å². The molecule has 1 aromatic heterocycles. The number of nitrogens with two attached hydrogens (primary N) is 1. The number of alkyl halides is 3. The molecule has 0 atom stereocenters. The quantitative estimate of drug-likeness (QED) is 0.148. The molecule has 0 radical (unpaired) electrons. The van der Waals surface area contributed by atoms with E-state index in [1.165, 1.54) is 35.3 Å². The van der Waals surface area contributed by atoms with Gasteiger partial charge in [0.2, 0.25) is 0 Å². The number of aromatic nitrogens is 3. The Morgan fingerprint density at radius 3 is 2.35 bits per heavy atom. The predicted molar refractivity (Wildman–Crippen MR) is 151 cm³/mol. The van der Waals surface area contributed by atoms with Crippen molar-refractivity contribution >= 4 is 29.1 Å². The van der Waals surface area contributed by atoms with Crippen LogP contribution in [0.2, 0.25) is 0 Å². The Morgan fingerprint density at radius 2 is 1.73 bits per heavy atom. The fourth-order valence-electron chi connectivity index (χ4n) is 4.08. The maximum atomic E-state index is 12.4. The third-order valence-electron chi connectivity index (χ3n) is 5.95. The van der Waals surface area contributed by atoms with Crippen LogP contribution in [0.25, 0.3) is 17.1 Å². The number of nitrogens with one attached hydrogen (secondary N) is 1. The monoisotopic (exact) mass is 568 g/mol. The largest absolute Gasteiger partial charge is 0.573 e. The van der Waals surface area contributed by atoms with Crippen LogP contribution in [0.3, 0.4) is 0 Å². The number of anilines is 1. The molecule has 0 aliphatic rings. The fraction of sp³-hybridized carbons (Fsp3) is 0.214. The first-order valence-corrected chi connectivity index (χ1v) is 12.7. The van der Waals surface area contributed by atoms with Crippen LogP contribution in [-0.4, -0.2) is 38.9 Å². The second kappa shape index (κ2) is 12.2. The number of thiocarbonyl (C=S) groups is 1. The van der Waals surface area contributed by atoms with Gasteiger partial charge in [0.1, 0.15) is 12.1 Å². The molecule has 0 fully saturated rings. The average Bonchev–Trinajstić information content (AvgIpc) is 3.39.